The van der Waals surface area contributed by atoms with Gasteiger partial charge in [-0.05, 0) is 45.3 Å². The molecule has 0 saturated carbocycles. The van der Waals surface area contributed by atoms with E-state index < -0.39 is 0 Å². The first kappa shape index (κ1) is 9.95. The molecule has 3 heteroatoms. The van der Waals surface area contributed by atoms with E-state index in [2.05, 4.69) is 15.9 Å². The zero-order chi connectivity index (χ0) is 9.80. The summed E-state index contributed by atoms with van der Waals surface area (Å²) in [7, 11) is 0. The Labute approximate surface area is 86.3 Å². The third-order valence-corrected chi connectivity index (χ3v) is 3.41. The molecule has 2 fully saturated rings. The van der Waals surface area contributed by atoms with E-state index in [1.54, 1.807) is 0 Å². The fraction of sp³-hybridized carbons (Fsp3) is 0.909. The summed E-state index contributed by atoms with van der Waals surface area (Å²) < 4.78 is 0. The predicted octanol–water partition coefficient (Wildman–Crippen LogP) is 1.07. The smallest absolute Gasteiger partial charge is 0.0978 e. The van der Waals surface area contributed by atoms with E-state index in [1.807, 2.05) is 0 Å². The average Bonchev–Trinajstić information content (AvgIpc) is 2.85. The molecule has 2 rings (SSSR count). The molecule has 0 radical (unpaired) electrons. The van der Waals surface area contributed by atoms with Gasteiger partial charge in [0.1, 0.15) is 0 Å². The van der Waals surface area contributed by atoms with Gasteiger partial charge in [-0.3, -0.25) is 4.90 Å². The maximum Gasteiger partial charge on any atom is 0.0978 e. The van der Waals surface area contributed by atoms with E-state index in [-0.39, 0.29) is 6.04 Å². The molecule has 1 unspecified atom stereocenters. The summed E-state index contributed by atoms with van der Waals surface area (Å²) in [6.45, 7) is 5.93. The van der Waals surface area contributed by atoms with E-state index in [0.29, 0.717) is 0 Å². The lowest BCUT2D eigenvalue weighted by molar-refractivity contribution is 0.236. The summed E-state index contributed by atoms with van der Waals surface area (Å²) in [6, 6.07) is 2.60. The van der Waals surface area contributed by atoms with Gasteiger partial charge < -0.3 is 4.90 Å². The molecule has 0 amide bonds. The zero-order valence-electron chi connectivity index (χ0n) is 8.78. The van der Waals surface area contributed by atoms with Crippen LogP contribution in [0.2, 0.25) is 0 Å². The summed E-state index contributed by atoms with van der Waals surface area (Å²) in [6.07, 6.45) is 5.01. The monoisotopic (exact) mass is 193 g/mol. The third kappa shape index (κ3) is 2.26. The Hall–Kier alpha value is -0.590. The number of hydrogen-bond acceptors (Lipinski definition) is 3. The Morgan fingerprint density at radius 1 is 1.07 bits per heavy atom. The minimum Gasteiger partial charge on any atom is -0.302 e. The lowest BCUT2D eigenvalue weighted by Gasteiger charge is -2.22. The topological polar surface area (TPSA) is 30.3 Å². The number of nitriles is 1. The SMILES string of the molecule is N#CC1CCCN1CCN1CCCC1. The summed E-state index contributed by atoms with van der Waals surface area (Å²) in [4.78, 5) is 4.87. The van der Waals surface area contributed by atoms with Crippen molar-refractivity contribution in [1.82, 2.24) is 9.80 Å². The van der Waals surface area contributed by atoms with Gasteiger partial charge in [0.2, 0.25) is 0 Å². The molecule has 0 aliphatic carbocycles. The van der Waals surface area contributed by atoms with Crippen molar-refractivity contribution < 1.29 is 0 Å². The summed E-state index contributed by atoms with van der Waals surface area (Å²) in [5.74, 6) is 0. The van der Waals surface area contributed by atoms with E-state index in [9.17, 15) is 0 Å². The van der Waals surface area contributed by atoms with Gasteiger partial charge in [-0.15, -0.1) is 0 Å². The van der Waals surface area contributed by atoms with E-state index in [0.717, 1.165) is 26.1 Å². The molecule has 1 atom stereocenters. The van der Waals surface area contributed by atoms with Crippen LogP contribution in [-0.4, -0.2) is 48.6 Å². The summed E-state index contributed by atoms with van der Waals surface area (Å²) in [5, 5.41) is 8.92. The summed E-state index contributed by atoms with van der Waals surface area (Å²) in [5.41, 5.74) is 0. The molecule has 0 aromatic rings. The molecule has 2 saturated heterocycles. The van der Waals surface area contributed by atoms with Crippen molar-refractivity contribution in [3.8, 4) is 6.07 Å². The lowest BCUT2D eigenvalue weighted by atomic mass is 10.2. The molecule has 0 bridgehead atoms. The molecule has 78 valence electrons. The van der Waals surface area contributed by atoms with Crippen molar-refractivity contribution in [1.29, 1.82) is 5.26 Å². The molecule has 2 aliphatic rings. The van der Waals surface area contributed by atoms with Gasteiger partial charge in [-0.25, -0.2) is 0 Å². The number of hydrogen-bond donors (Lipinski definition) is 0. The molecule has 0 N–H and O–H groups in total. The maximum atomic E-state index is 8.92. The van der Waals surface area contributed by atoms with Gasteiger partial charge in [0.25, 0.3) is 0 Å². The largest absolute Gasteiger partial charge is 0.302 e. The van der Waals surface area contributed by atoms with Crippen LogP contribution in [0.15, 0.2) is 0 Å². The zero-order valence-corrected chi connectivity index (χ0v) is 8.78. The minimum absolute atomic E-state index is 0.206. The first-order valence-electron chi connectivity index (χ1n) is 5.76. The highest BCUT2D eigenvalue weighted by molar-refractivity contribution is 4.95. The van der Waals surface area contributed by atoms with Gasteiger partial charge >= 0.3 is 0 Å². The third-order valence-electron chi connectivity index (χ3n) is 3.41. The van der Waals surface area contributed by atoms with E-state index >= 15 is 0 Å². The van der Waals surface area contributed by atoms with Crippen LogP contribution in [0.3, 0.4) is 0 Å². The predicted molar refractivity (Wildman–Crippen MR) is 55.9 cm³/mol. The maximum absolute atomic E-state index is 8.92. The normalized spacial score (nSPS) is 29.5. The number of rotatable bonds is 3. The van der Waals surface area contributed by atoms with Crippen molar-refractivity contribution in [2.75, 3.05) is 32.7 Å². The van der Waals surface area contributed by atoms with Gasteiger partial charge in [0.05, 0.1) is 12.1 Å². The number of nitrogens with zero attached hydrogens (tertiary/aromatic N) is 3. The standard InChI is InChI=1S/C11H19N3/c12-10-11-4-3-7-14(11)9-8-13-5-1-2-6-13/h11H,1-9H2. The molecular weight excluding hydrogens is 174 g/mol. The lowest BCUT2D eigenvalue weighted by Crippen LogP contribution is -2.36. The molecule has 2 aliphatic heterocycles. The molecule has 0 aromatic carbocycles. The van der Waals surface area contributed by atoms with Crippen LogP contribution in [0.1, 0.15) is 25.7 Å². The molecular formula is C11H19N3. The Balaban J connectivity index is 1.71. The summed E-state index contributed by atoms with van der Waals surface area (Å²) >= 11 is 0. The Morgan fingerprint density at radius 2 is 1.86 bits per heavy atom. The van der Waals surface area contributed by atoms with Crippen LogP contribution in [0.5, 0.6) is 0 Å². The minimum atomic E-state index is 0.206. The molecule has 0 aromatic heterocycles. The molecule has 14 heavy (non-hydrogen) atoms. The fourth-order valence-electron chi connectivity index (χ4n) is 2.52. The average molecular weight is 193 g/mol. The van der Waals surface area contributed by atoms with Crippen LogP contribution in [-0.2, 0) is 0 Å². The molecule has 0 spiro atoms. The van der Waals surface area contributed by atoms with Crippen LogP contribution in [0, 0.1) is 11.3 Å². The Kier molecular flexibility index (Phi) is 3.39. The first-order chi connectivity index (χ1) is 6.90. The van der Waals surface area contributed by atoms with Gasteiger partial charge in [0, 0.05) is 13.1 Å². The van der Waals surface area contributed by atoms with Gasteiger partial charge in [-0.1, -0.05) is 0 Å². The molecule has 3 nitrogen and oxygen atoms in total. The van der Waals surface area contributed by atoms with Crippen LogP contribution in [0.4, 0.5) is 0 Å². The fourth-order valence-corrected chi connectivity index (χ4v) is 2.52. The van der Waals surface area contributed by atoms with Crippen LogP contribution < -0.4 is 0 Å². The number of likely N-dealkylation sites (tertiary alicyclic amines) is 2. The van der Waals surface area contributed by atoms with Crippen molar-refractivity contribution >= 4 is 0 Å². The van der Waals surface area contributed by atoms with E-state index in [4.69, 9.17) is 5.26 Å². The highest BCUT2D eigenvalue weighted by Crippen LogP contribution is 2.16. The molecule has 2 heterocycles. The van der Waals surface area contributed by atoms with Crippen molar-refractivity contribution in [3.05, 3.63) is 0 Å². The quantitative estimate of drug-likeness (QED) is 0.671. The van der Waals surface area contributed by atoms with E-state index in [1.165, 1.54) is 32.4 Å². The second-order valence-corrected chi connectivity index (χ2v) is 4.37. The van der Waals surface area contributed by atoms with Gasteiger partial charge in [-0.2, -0.15) is 5.26 Å². The van der Waals surface area contributed by atoms with Crippen LogP contribution >= 0.6 is 0 Å². The second kappa shape index (κ2) is 4.77. The van der Waals surface area contributed by atoms with Crippen molar-refractivity contribution in [2.45, 2.75) is 31.7 Å². The van der Waals surface area contributed by atoms with Gasteiger partial charge in [0.15, 0.2) is 0 Å². The van der Waals surface area contributed by atoms with Crippen molar-refractivity contribution in [3.63, 3.8) is 0 Å². The highest BCUT2D eigenvalue weighted by Gasteiger charge is 2.24. The highest BCUT2D eigenvalue weighted by atomic mass is 15.2. The van der Waals surface area contributed by atoms with Crippen LogP contribution in [0.25, 0.3) is 0 Å². The Morgan fingerprint density at radius 3 is 2.57 bits per heavy atom. The first-order valence-corrected chi connectivity index (χ1v) is 5.76. The second-order valence-electron chi connectivity index (χ2n) is 4.37. The van der Waals surface area contributed by atoms with Crippen molar-refractivity contribution in [2.24, 2.45) is 0 Å². The Bertz CT molecular complexity index is 215.